The van der Waals surface area contributed by atoms with Gasteiger partial charge in [-0.05, 0) is 110 Å². The summed E-state index contributed by atoms with van der Waals surface area (Å²) in [4.78, 5) is 17.5. The van der Waals surface area contributed by atoms with Crippen LogP contribution < -0.4 is 10.1 Å². The van der Waals surface area contributed by atoms with Gasteiger partial charge in [-0.25, -0.2) is 9.38 Å². The Hall–Kier alpha value is -3.81. The van der Waals surface area contributed by atoms with Crippen LogP contribution in [0, 0.1) is 19.7 Å². The summed E-state index contributed by atoms with van der Waals surface area (Å²) in [7, 11) is 0. The number of thioether (sulfide) groups is 1. The van der Waals surface area contributed by atoms with Gasteiger partial charge in [0.05, 0.1) is 10.6 Å². The Morgan fingerprint density at radius 2 is 1.73 bits per heavy atom. The number of rotatable bonds is 6. The molecule has 0 radical (unpaired) electrons. The Kier molecular flexibility index (Phi) is 7.17. The number of amides is 1. The Bertz CT molecular complexity index is 1510. The second kappa shape index (κ2) is 10.7. The first-order chi connectivity index (χ1) is 17.9. The summed E-state index contributed by atoms with van der Waals surface area (Å²) in [6, 6.07) is 23.4. The van der Waals surface area contributed by atoms with Crippen molar-refractivity contribution in [2.45, 2.75) is 20.5 Å². The van der Waals surface area contributed by atoms with Crippen LogP contribution in [0.3, 0.4) is 0 Å². The summed E-state index contributed by atoms with van der Waals surface area (Å²) >= 11 is 7.21. The smallest absolute Gasteiger partial charge is 0.264 e. The molecule has 0 atom stereocenters. The van der Waals surface area contributed by atoms with Gasteiger partial charge in [0.25, 0.3) is 5.91 Å². The number of carbonyl (C=O) groups is 1. The highest BCUT2D eigenvalue weighted by Gasteiger charge is 2.24. The summed E-state index contributed by atoms with van der Waals surface area (Å²) in [5.74, 6) is 0.233. The van der Waals surface area contributed by atoms with E-state index >= 15 is 0 Å². The van der Waals surface area contributed by atoms with Crippen molar-refractivity contribution in [2.24, 2.45) is 4.99 Å². The van der Waals surface area contributed by atoms with Crippen molar-refractivity contribution >= 4 is 46.2 Å². The molecule has 1 fully saturated rings. The van der Waals surface area contributed by atoms with Gasteiger partial charge in [0.2, 0.25) is 0 Å². The molecule has 1 saturated heterocycles. The fourth-order valence-corrected chi connectivity index (χ4v) is 4.98. The predicted molar refractivity (Wildman–Crippen MR) is 148 cm³/mol. The van der Waals surface area contributed by atoms with Gasteiger partial charge in [-0.15, -0.1) is 0 Å². The molecule has 8 heteroatoms. The van der Waals surface area contributed by atoms with Crippen molar-refractivity contribution in [3.8, 4) is 11.4 Å². The van der Waals surface area contributed by atoms with E-state index in [4.69, 9.17) is 16.3 Å². The van der Waals surface area contributed by atoms with Gasteiger partial charge in [0.1, 0.15) is 18.2 Å². The second-order valence-electron chi connectivity index (χ2n) is 8.53. The van der Waals surface area contributed by atoms with Gasteiger partial charge in [-0.1, -0.05) is 23.7 Å². The molecule has 1 aliphatic rings. The maximum atomic E-state index is 13.1. The van der Waals surface area contributed by atoms with E-state index < -0.39 is 0 Å². The zero-order chi connectivity index (χ0) is 25.9. The van der Waals surface area contributed by atoms with Gasteiger partial charge in [0.15, 0.2) is 5.17 Å². The highest BCUT2D eigenvalue weighted by molar-refractivity contribution is 8.18. The minimum Gasteiger partial charge on any atom is -0.489 e. The number of aromatic nitrogens is 1. The van der Waals surface area contributed by atoms with E-state index in [2.05, 4.69) is 20.9 Å². The molecular formula is C29H23ClFN3O2S. The molecule has 1 aromatic heterocycles. The van der Waals surface area contributed by atoms with Gasteiger partial charge >= 0.3 is 0 Å². The van der Waals surface area contributed by atoms with Crippen LogP contribution in [0.5, 0.6) is 5.75 Å². The van der Waals surface area contributed by atoms with Crippen molar-refractivity contribution in [3.05, 3.63) is 117 Å². The molecule has 3 aromatic carbocycles. The fourth-order valence-electron chi connectivity index (χ4n) is 4.02. The van der Waals surface area contributed by atoms with E-state index in [1.54, 1.807) is 12.1 Å². The van der Waals surface area contributed by atoms with Crippen LogP contribution in [0.15, 0.2) is 88.8 Å². The molecule has 1 N–H and O–H groups in total. The highest BCUT2D eigenvalue weighted by Crippen LogP contribution is 2.31. The largest absolute Gasteiger partial charge is 0.489 e. The van der Waals surface area contributed by atoms with E-state index in [0.717, 1.165) is 34.0 Å². The van der Waals surface area contributed by atoms with E-state index in [1.807, 2.05) is 68.5 Å². The molecule has 0 saturated carbocycles. The maximum absolute atomic E-state index is 13.1. The van der Waals surface area contributed by atoms with E-state index in [0.29, 0.717) is 27.4 Å². The van der Waals surface area contributed by atoms with Crippen LogP contribution in [0.2, 0.25) is 5.02 Å². The van der Waals surface area contributed by atoms with Gasteiger partial charge in [0, 0.05) is 22.1 Å². The normalized spacial score (nSPS) is 15.4. The summed E-state index contributed by atoms with van der Waals surface area (Å²) in [6.45, 7) is 4.51. The molecule has 186 valence electrons. The van der Waals surface area contributed by atoms with Crippen LogP contribution in [-0.4, -0.2) is 15.6 Å². The number of hydrogen-bond donors (Lipinski definition) is 1. The molecule has 1 aliphatic heterocycles. The lowest BCUT2D eigenvalue weighted by atomic mass is 10.2. The van der Waals surface area contributed by atoms with Crippen LogP contribution >= 0.6 is 23.4 Å². The van der Waals surface area contributed by atoms with Gasteiger partial charge in [-0.2, -0.15) is 0 Å². The van der Waals surface area contributed by atoms with Crippen LogP contribution in [0.25, 0.3) is 11.8 Å². The number of aliphatic imine (C=N–C) groups is 1. The average molecular weight is 532 g/mol. The quantitative estimate of drug-likeness (QED) is 0.264. The first-order valence-corrected chi connectivity index (χ1v) is 12.8. The van der Waals surface area contributed by atoms with Gasteiger partial charge < -0.3 is 14.6 Å². The Balaban J connectivity index is 1.31. The van der Waals surface area contributed by atoms with E-state index in [9.17, 15) is 9.18 Å². The van der Waals surface area contributed by atoms with Crippen LogP contribution in [0.1, 0.15) is 22.5 Å². The van der Waals surface area contributed by atoms with E-state index in [-0.39, 0.29) is 11.7 Å². The number of nitrogens with zero attached hydrogens (tertiary/aromatic N) is 2. The minimum absolute atomic E-state index is 0.210. The number of hydrogen-bond acceptors (Lipinski definition) is 4. The van der Waals surface area contributed by atoms with Crippen molar-refractivity contribution in [1.29, 1.82) is 0 Å². The van der Waals surface area contributed by atoms with E-state index in [1.165, 1.54) is 23.9 Å². The summed E-state index contributed by atoms with van der Waals surface area (Å²) in [6.07, 6.45) is 1.87. The first kappa shape index (κ1) is 24.9. The molecule has 5 rings (SSSR count). The van der Waals surface area contributed by atoms with Crippen LogP contribution in [-0.2, 0) is 11.4 Å². The molecule has 37 heavy (non-hydrogen) atoms. The minimum atomic E-state index is -0.330. The standard InChI is InChI=1S/C29H23ClFN3O2S/c1-18-15-21(16-27-28(35)33-29(37-27)32-24-9-7-23(31)8-10-24)19(2)34(18)25-11-13-26(14-12-25)36-17-20-3-5-22(30)6-4-20/h3-16H,17H2,1-2H3,(H,32,33,35)/b27-16-. The van der Waals surface area contributed by atoms with Crippen LogP contribution in [0.4, 0.5) is 10.1 Å². The Labute approximate surface area is 223 Å². The zero-order valence-electron chi connectivity index (χ0n) is 20.2. The number of ether oxygens (including phenoxy) is 1. The summed E-state index contributed by atoms with van der Waals surface area (Å²) in [5, 5.41) is 3.94. The second-order valence-corrected chi connectivity index (χ2v) is 10.00. The molecule has 0 aliphatic carbocycles. The molecular weight excluding hydrogens is 509 g/mol. The Morgan fingerprint density at radius 3 is 2.43 bits per heavy atom. The molecule has 1 amide bonds. The SMILES string of the molecule is Cc1cc(/C=C2\SC(=Nc3ccc(F)cc3)NC2=O)c(C)n1-c1ccc(OCc2ccc(Cl)cc2)cc1. The Morgan fingerprint density at radius 1 is 1.03 bits per heavy atom. The zero-order valence-corrected chi connectivity index (χ0v) is 21.7. The average Bonchev–Trinajstić information content (AvgIpc) is 3.37. The molecule has 0 spiro atoms. The van der Waals surface area contributed by atoms with Crippen molar-refractivity contribution < 1.29 is 13.9 Å². The van der Waals surface area contributed by atoms with Crippen molar-refractivity contribution in [1.82, 2.24) is 9.88 Å². The van der Waals surface area contributed by atoms with Gasteiger partial charge in [-0.3, -0.25) is 4.79 Å². The monoisotopic (exact) mass is 531 g/mol. The molecule has 4 aromatic rings. The number of benzene rings is 3. The predicted octanol–water partition coefficient (Wildman–Crippen LogP) is 7.36. The summed E-state index contributed by atoms with van der Waals surface area (Å²) in [5.41, 5.74) is 5.62. The topological polar surface area (TPSA) is 55.6 Å². The first-order valence-electron chi connectivity index (χ1n) is 11.6. The molecule has 5 nitrogen and oxygen atoms in total. The molecule has 0 unspecified atom stereocenters. The number of halogens is 2. The molecule has 0 bridgehead atoms. The lowest BCUT2D eigenvalue weighted by molar-refractivity contribution is -0.115. The number of aryl methyl sites for hydroxylation is 1. The van der Waals surface area contributed by atoms with Crippen molar-refractivity contribution in [2.75, 3.05) is 0 Å². The van der Waals surface area contributed by atoms with Crippen molar-refractivity contribution in [3.63, 3.8) is 0 Å². The third-order valence-corrected chi connectivity index (χ3v) is 7.04. The fraction of sp³-hybridized carbons (Fsp3) is 0.103. The number of carbonyl (C=O) groups excluding carboxylic acids is 1. The number of amidine groups is 1. The third-order valence-electron chi connectivity index (χ3n) is 5.88. The lowest BCUT2D eigenvalue weighted by Gasteiger charge is -2.11. The number of nitrogens with one attached hydrogen (secondary N) is 1. The third kappa shape index (κ3) is 5.79. The highest BCUT2D eigenvalue weighted by atomic mass is 35.5. The summed E-state index contributed by atoms with van der Waals surface area (Å²) < 4.78 is 21.2. The lowest BCUT2D eigenvalue weighted by Crippen LogP contribution is -2.19. The maximum Gasteiger partial charge on any atom is 0.264 e. The molecule has 2 heterocycles.